The van der Waals surface area contributed by atoms with Crippen LogP contribution in [0.25, 0.3) is 0 Å². The number of hydrogen-bond donors (Lipinski definition) is 3. The van der Waals surface area contributed by atoms with Crippen LogP contribution >= 0.6 is 0 Å². The molecule has 0 heterocycles. The van der Waals surface area contributed by atoms with Crippen molar-refractivity contribution in [2.24, 2.45) is 5.73 Å². The number of ether oxygens (including phenoxy) is 1. The summed E-state index contributed by atoms with van der Waals surface area (Å²) in [6.45, 7) is 8.80. The fourth-order valence-corrected chi connectivity index (χ4v) is 4.39. The normalized spacial score (nSPS) is 14.4. The zero-order valence-corrected chi connectivity index (χ0v) is 23.0. The fraction of sp³-hybridized carbons (Fsp3) is 0.400. The van der Waals surface area contributed by atoms with Gasteiger partial charge in [0, 0.05) is 17.3 Å². The second-order valence-corrected chi connectivity index (χ2v) is 10.7. The van der Waals surface area contributed by atoms with E-state index in [9.17, 15) is 19.2 Å². The maximum absolute atomic E-state index is 14.1. The van der Waals surface area contributed by atoms with Crippen LogP contribution in [0, 0.1) is 26.2 Å². The standard InChI is InChI=1S/C30H36N4O5/c1-7-20-13-8-9-14-22(20)26(27(36)33-25-18(2)11-10-12-19(25)3)34(21-15-16-21)28(37)23(17-24(31)35)32-29(38)39-30(4,5)6/h1,8-14,21,23,26H,15-17H2,2-6H3,(H2,31,35)(H,32,38)(H,33,36). The summed E-state index contributed by atoms with van der Waals surface area (Å²) in [6.07, 6.45) is 5.73. The molecule has 0 aliphatic heterocycles. The summed E-state index contributed by atoms with van der Waals surface area (Å²) in [6, 6.07) is 9.78. The Morgan fingerprint density at radius 3 is 2.23 bits per heavy atom. The van der Waals surface area contributed by atoms with Crippen LogP contribution in [0.3, 0.4) is 0 Å². The van der Waals surface area contributed by atoms with Gasteiger partial charge in [0.05, 0.1) is 6.42 Å². The SMILES string of the molecule is C#Cc1ccccc1C(C(=O)Nc1c(C)cccc1C)N(C(=O)C(CC(N)=O)NC(=O)OC(C)(C)C)C1CC1. The van der Waals surface area contributed by atoms with Gasteiger partial charge in [-0.25, -0.2) is 4.79 Å². The van der Waals surface area contributed by atoms with E-state index in [4.69, 9.17) is 16.9 Å². The number of primary amides is 1. The van der Waals surface area contributed by atoms with Crippen molar-refractivity contribution in [1.29, 1.82) is 0 Å². The minimum atomic E-state index is -1.34. The molecule has 1 saturated carbocycles. The predicted molar refractivity (Wildman–Crippen MR) is 149 cm³/mol. The summed E-state index contributed by atoms with van der Waals surface area (Å²) < 4.78 is 5.31. The molecule has 206 valence electrons. The van der Waals surface area contributed by atoms with Crippen LogP contribution in [0.5, 0.6) is 0 Å². The summed E-state index contributed by atoms with van der Waals surface area (Å²) in [5, 5.41) is 5.48. The van der Waals surface area contributed by atoms with Gasteiger partial charge in [-0.15, -0.1) is 6.42 Å². The Labute approximate surface area is 229 Å². The third kappa shape index (κ3) is 7.60. The minimum Gasteiger partial charge on any atom is -0.444 e. The van der Waals surface area contributed by atoms with Crippen molar-refractivity contribution in [1.82, 2.24) is 10.2 Å². The first-order valence-corrected chi connectivity index (χ1v) is 12.8. The van der Waals surface area contributed by atoms with Gasteiger partial charge in [0.2, 0.25) is 11.8 Å². The van der Waals surface area contributed by atoms with Crippen LogP contribution in [0.1, 0.15) is 68.3 Å². The molecule has 39 heavy (non-hydrogen) atoms. The van der Waals surface area contributed by atoms with Crippen molar-refractivity contribution in [2.75, 3.05) is 5.32 Å². The molecular weight excluding hydrogens is 496 g/mol. The molecule has 0 spiro atoms. The molecule has 1 aliphatic carbocycles. The molecule has 0 aromatic heterocycles. The van der Waals surface area contributed by atoms with Crippen LogP contribution in [0.2, 0.25) is 0 Å². The average Bonchev–Trinajstić information content (AvgIpc) is 3.67. The molecule has 0 bridgehead atoms. The highest BCUT2D eigenvalue weighted by molar-refractivity contribution is 6.01. The van der Waals surface area contributed by atoms with Crippen LogP contribution in [-0.4, -0.2) is 46.4 Å². The molecule has 0 saturated heterocycles. The highest BCUT2D eigenvalue weighted by Gasteiger charge is 2.45. The van der Waals surface area contributed by atoms with Gasteiger partial charge in [-0.3, -0.25) is 14.4 Å². The molecule has 1 aliphatic rings. The van der Waals surface area contributed by atoms with E-state index in [1.165, 1.54) is 4.90 Å². The number of aryl methyl sites for hydroxylation is 2. The number of para-hydroxylation sites is 1. The number of nitrogens with two attached hydrogens (primary N) is 1. The van der Waals surface area contributed by atoms with Gasteiger partial charge in [-0.05, 0) is 70.2 Å². The Bertz CT molecular complexity index is 1280. The maximum atomic E-state index is 14.1. The van der Waals surface area contributed by atoms with Gasteiger partial charge in [0.15, 0.2) is 0 Å². The molecule has 3 rings (SSSR count). The van der Waals surface area contributed by atoms with Gasteiger partial charge < -0.3 is 26.0 Å². The lowest BCUT2D eigenvalue weighted by Gasteiger charge is -2.35. The summed E-state index contributed by atoms with van der Waals surface area (Å²) in [4.78, 5) is 54.1. The summed E-state index contributed by atoms with van der Waals surface area (Å²) >= 11 is 0. The molecule has 2 atom stereocenters. The van der Waals surface area contributed by atoms with Crippen LogP contribution < -0.4 is 16.4 Å². The van der Waals surface area contributed by atoms with E-state index in [0.717, 1.165) is 11.1 Å². The molecule has 2 unspecified atom stereocenters. The number of hydrogen-bond acceptors (Lipinski definition) is 5. The number of rotatable bonds is 9. The highest BCUT2D eigenvalue weighted by Crippen LogP contribution is 2.37. The second-order valence-electron chi connectivity index (χ2n) is 10.7. The Morgan fingerprint density at radius 2 is 1.69 bits per heavy atom. The van der Waals surface area contributed by atoms with Crippen molar-refractivity contribution < 1.29 is 23.9 Å². The number of carbonyl (C=O) groups excluding carboxylic acids is 4. The van der Waals surface area contributed by atoms with Gasteiger partial charge in [0.25, 0.3) is 5.91 Å². The Kier molecular flexibility index (Phi) is 9.02. The van der Waals surface area contributed by atoms with Crippen molar-refractivity contribution in [3.05, 3.63) is 64.7 Å². The number of amides is 4. The monoisotopic (exact) mass is 532 g/mol. The first kappa shape index (κ1) is 29.2. The Morgan fingerprint density at radius 1 is 1.08 bits per heavy atom. The predicted octanol–water partition coefficient (Wildman–Crippen LogP) is 3.72. The van der Waals surface area contributed by atoms with E-state index >= 15 is 0 Å². The minimum absolute atomic E-state index is 0.298. The third-order valence-corrected chi connectivity index (χ3v) is 6.26. The van der Waals surface area contributed by atoms with Gasteiger partial charge in [0.1, 0.15) is 17.7 Å². The van der Waals surface area contributed by atoms with Crippen molar-refractivity contribution in [3.8, 4) is 12.3 Å². The van der Waals surface area contributed by atoms with Crippen molar-refractivity contribution in [3.63, 3.8) is 0 Å². The summed E-state index contributed by atoms with van der Waals surface area (Å²) in [5.74, 6) is 0.721. The second kappa shape index (κ2) is 12.0. The number of alkyl carbamates (subject to hydrolysis) is 1. The lowest BCUT2D eigenvalue weighted by atomic mass is 9.96. The van der Waals surface area contributed by atoms with Gasteiger partial charge >= 0.3 is 6.09 Å². The van der Waals surface area contributed by atoms with Crippen LogP contribution in [0.15, 0.2) is 42.5 Å². The molecule has 4 N–H and O–H groups in total. The first-order valence-electron chi connectivity index (χ1n) is 12.8. The van der Waals surface area contributed by atoms with E-state index in [2.05, 4.69) is 16.6 Å². The summed E-state index contributed by atoms with van der Waals surface area (Å²) in [7, 11) is 0. The molecule has 2 aromatic rings. The van der Waals surface area contributed by atoms with Gasteiger partial charge in [-0.1, -0.05) is 42.3 Å². The molecular formula is C30H36N4O5. The van der Waals surface area contributed by atoms with Crippen molar-refractivity contribution in [2.45, 2.75) is 77.6 Å². The number of benzene rings is 2. The lowest BCUT2D eigenvalue weighted by molar-refractivity contribution is -0.142. The molecule has 0 radical (unpaired) electrons. The zero-order chi connectivity index (χ0) is 28.9. The van der Waals surface area contributed by atoms with Crippen molar-refractivity contribution >= 4 is 29.5 Å². The zero-order valence-electron chi connectivity index (χ0n) is 23.0. The number of terminal acetylenes is 1. The van der Waals surface area contributed by atoms with E-state index in [-0.39, 0.29) is 6.04 Å². The largest absolute Gasteiger partial charge is 0.444 e. The maximum Gasteiger partial charge on any atom is 0.408 e. The number of nitrogens with one attached hydrogen (secondary N) is 2. The molecule has 2 aromatic carbocycles. The van der Waals surface area contributed by atoms with Crippen LogP contribution in [-0.2, 0) is 19.1 Å². The average molecular weight is 533 g/mol. The number of anilines is 1. The topological polar surface area (TPSA) is 131 Å². The molecule has 9 nitrogen and oxygen atoms in total. The van der Waals surface area contributed by atoms with Gasteiger partial charge in [-0.2, -0.15) is 0 Å². The third-order valence-electron chi connectivity index (χ3n) is 6.26. The quantitative estimate of drug-likeness (QED) is 0.424. The smallest absolute Gasteiger partial charge is 0.408 e. The highest BCUT2D eigenvalue weighted by atomic mass is 16.6. The van der Waals surface area contributed by atoms with E-state index in [0.29, 0.717) is 29.7 Å². The summed E-state index contributed by atoms with van der Waals surface area (Å²) in [5.41, 5.74) is 7.87. The number of nitrogens with zero attached hydrogens (tertiary/aromatic N) is 1. The molecule has 1 fully saturated rings. The Balaban J connectivity index is 2.07. The Hall–Kier alpha value is -4.32. The fourth-order valence-electron chi connectivity index (χ4n) is 4.39. The molecule has 9 heteroatoms. The van der Waals surface area contributed by atoms with E-state index in [1.807, 2.05) is 32.0 Å². The number of carbonyl (C=O) groups is 4. The van der Waals surface area contributed by atoms with E-state index < -0.39 is 47.9 Å². The van der Waals surface area contributed by atoms with E-state index in [1.54, 1.807) is 45.0 Å². The first-order chi connectivity index (χ1) is 18.3. The van der Waals surface area contributed by atoms with Crippen LogP contribution in [0.4, 0.5) is 10.5 Å². The molecule has 4 amide bonds. The lowest BCUT2D eigenvalue weighted by Crippen LogP contribution is -2.54.